The lowest BCUT2D eigenvalue weighted by molar-refractivity contribution is 0.0954. The van der Waals surface area contributed by atoms with Gasteiger partial charge in [-0.05, 0) is 68.3 Å². The molecule has 1 heterocycles. The second-order valence-corrected chi connectivity index (χ2v) is 7.78. The van der Waals surface area contributed by atoms with Gasteiger partial charge in [0.15, 0.2) is 0 Å². The van der Waals surface area contributed by atoms with Crippen molar-refractivity contribution >= 4 is 5.91 Å². The van der Waals surface area contributed by atoms with Crippen LogP contribution in [-0.4, -0.2) is 37.0 Å². The number of piperidine rings is 1. The molecule has 1 saturated heterocycles. The van der Waals surface area contributed by atoms with Crippen LogP contribution in [0, 0.1) is 17.2 Å². The molecule has 142 valence electrons. The maximum absolute atomic E-state index is 12.2. The number of nitrogens with one attached hydrogen (secondary N) is 1. The van der Waals surface area contributed by atoms with Gasteiger partial charge in [0.05, 0.1) is 6.07 Å². The van der Waals surface area contributed by atoms with Gasteiger partial charge in [-0.25, -0.2) is 0 Å². The number of carbonyl (C=O) groups is 1. The first-order chi connectivity index (χ1) is 12.5. The molecule has 0 spiro atoms. The molecule has 1 fully saturated rings. The van der Waals surface area contributed by atoms with Crippen LogP contribution >= 0.6 is 0 Å². The van der Waals surface area contributed by atoms with E-state index >= 15 is 0 Å². The van der Waals surface area contributed by atoms with E-state index in [-0.39, 0.29) is 11.3 Å². The van der Waals surface area contributed by atoms with Crippen LogP contribution in [0.15, 0.2) is 24.3 Å². The minimum absolute atomic E-state index is 0.0143. The molecule has 26 heavy (non-hydrogen) atoms. The Bertz CT molecular complexity index is 637. The van der Waals surface area contributed by atoms with Crippen molar-refractivity contribution in [2.24, 2.45) is 5.92 Å². The van der Waals surface area contributed by atoms with E-state index in [9.17, 15) is 4.79 Å². The Kier molecular flexibility index (Phi) is 7.66. The van der Waals surface area contributed by atoms with E-state index in [0.29, 0.717) is 18.9 Å². The lowest BCUT2D eigenvalue weighted by atomic mass is 9.68. The summed E-state index contributed by atoms with van der Waals surface area (Å²) in [4.78, 5) is 14.7. The molecule has 1 aliphatic rings. The minimum atomic E-state index is 0.0143. The van der Waals surface area contributed by atoms with Crippen LogP contribution in [0.2, 0.25) is 0 Å². The number of amides is 1. The van der Waals surface area contributed by atoms with Gasteiger partial charge in [0.2, 0.25) is 0 Å². The van der Waals surface area contributed by atoms with Gasteiger partial charge in [-0.2, -0.15) is 5.26 Å². The fourth-order valence-electron chi connectivity index (χ4n) is 3.94. The molecule has 0 saturated carbocycles. The predicted molar refractivity (Wildman–Crippen MR) is 106 cm³/mol. The van der Waals surface area contributed by atoms with Crippen LogP contribution < -0.4 is 5.32 Å². The zero-order valence-electron chi connectivity index (χ0n) is 16.6. The number of nitrogens with zero attached hydrogens (tertiary/aromatic N) is 2. The fourth-order valence-corrected chi connectivity index (χ4v) is 3.94. The molecule has 4 nitrogen and oxygen atoms in total. The van der Waals surface area contributed by atoms with E-state index in [4.69, 9.17) is 5.26 Å². The molecular formula is C22H33N3O. The molecule has 1 aromatic rings. The van der Waals surface area contributed by atoms with Crippen LogP contribution in [0.25, 0.3) is 0 Å². The summed E-state index contributed by atoms with van der Waals surface area (Å²) < 4.78 is 0. The summed E-state index contributed by atoms with van der Waals surface area (Å²) in [5, 5.41) is 11.5. The Morgan fingerprint density at radius 1 is 1.38 bits per heavy atom. The van der Waals surface area contributed by atoms with Gasteiger partial charge in [-0.3, -0.25) is 4.79 Å². The second-order valence-electron chi connectivity index (χ2n) is 7.78. The first-order valence-electron chi connectivity index (χ1n) is 9.99. The highest BCUT2D eigenvalue weighted by atomic mass is 16.1. The first-order valence-corrected chi connectivity index (χ1v) is 9.99. The molecule has 1 aliphatic heterocycles. The number of rotatable bonds is 8. The molecule has 0 radical (unpaired) electrons. The van der Waals surface area contributed by atoms with Crippen molar-refractivity contribution in [3.8, 4) is 6.07 Å². The molecule has 1 N–H and O–H groups in total. The van der Waals surface area contributed by atoms with Crippen LogP contribution in [0.4, 0.5) is 0 Å². The van der Waals surface area contributed by atoms with E-state index < -0.39 is 0 Å². The van der Waals surface area contributed by atoms with Gasteiger partial charge < -0.3 is 10.2 Å². The number of carbonyl (C=O) groups excluding carboxylic acids is 1. The van der Waals surface area contributed by atoms with E-state index in [2.05, 4.69) is 42.3 Å². The Hall–Kier alpha value is -1.86. The summed E-state index contributed by atoms with van der Waals surface area (Å²) in [5.41, 5.74) is 2.15. The summed E-state index contributed by atoms with van der Waals surface area (Å²) in [6, 6.07) is 10.4. The Morgan fingerprint density at radius 2 is 2.19 bits per heavy atom. The average Bonchev–Trinajstić information content (AvgIpc) is 2.65. The highest BCUT2D eigenvalue weighted by Crippen LogP contribution is 2.39. The molecule has 0 bridgehead atoms. The largest absolute Gasteiger partial charge is 0.352 e. The molecule has 2 unspecified atom stereocenters. The molecule has 2 rings (SSSR count). The van der Waals surface area contributed by atoms with Crippen molar-refractivity contribution in [2.75, 3.05) is 26.2 Å². The Morgan fingerprint density at radius 3 is 2.88 bits per heavy atom. The number of unbranched alkanes of at least 4 members (excludes halogenated alkanes) is 3. The first kappa shape index (κ1) is 20.5. The number of hydrogen-bond donors (Lipinski definition) is 1. The summed E-state index contributed by atoms with van der Waals surface area (Å²) in [6.45, 7) is 10.6. The van der Waals surface area contributed by atoms with Crippen molar-refractivity contribution in [1.82, 2.24) is 10.2 Å². The molecule has 2 atom stereocenters. The number of nitriles is 1. The van der Waals surface area contributed by atoms with Crippen molar-refractivity contribution in [3.05, 3.63) is 35.4 Å². The van der Waals surface area contributed by atoms with Crippen LogP contribution in [0.1, 0.15) is 68.8 Å². The lowest BCUT2D eigenvalue weighted by Crippen LogP contribution is -2.47. The van der Waals surface area contributed by atoms with Gasteiger partial charge in [0.1, 0.15) is 0 Å². The van der Waals surface area contributed by atoms with Crippen molar-refractivity contribution < 1.29 is 4.79 Å². The molecular weight excluding hydrogens is 322 g/mol. The zero-order valence-corrected chi connectivity index (χ0v) is 16.6. The minimum Gasteiger partial charge on any atom is -0.352 e. The number of benzene rings is 1. The molecule has 4 heteroatoms. The van der Waals surface area contributed by atoms with Crippen LogP contribution in [0.5, 0.6) is 0 Å². The van der Waals surface area contributed by atoms with E-state index in [0.717, 1.165) is 44.5 Å². The summed E-state index contributed by atoms with van der Waals surface area (Å²) in [5.74, 6) is 0.556. The van der Waals surface area contributed by atoms with E-state index in [1.54, 1.807) is 0 Å². The zero-order chi connectivity index (χ0) is 19.0. The topological polar surface area (TPSA) is 56.1 Å². The third kappa shape index (κ3) is 5.08. The quantitative estimate of drug-likeness (QED) is 0.714. The highest BCUT2D eigenvalue weighted by Gasteiger charge is 2.37. The summed E-state index contributed by atoms with van der Waals surface area (Å²) >= 11 is 0. The second kappa shape index (κ2) is 9.73. The maximum atomic E-state index is 12.2. The maximum Gasteiger partial charge on any atom is 0.251 e. The van der Waals surface area contributed by atoms with Crippen molar-refractivity contribution in [2.45, 2.75) is 58.3 Å². The van der Waals surface area contributed by atoms with Gasteiger partial charge in [0, 0.05) is 25.1 Å². The van der Waals surface area contributed by atoms with Crippen LogP contribution in [-0.2, 0) is 5.41 Å². The van der Waals surface area contributed by atoms with Gasteiger partial charge in [-0.15, -0.1) is 0 Å². The summed E-state index contributed by atoms with van der Waals surface area (Å²) in [6.07, 6.45) is 5.13. The average molecular weight is 356 g/mol. The van der Waals surface area contributed by atoms with Crippen molar-refractivity contribution in [1.29, 1.82) is 5.26 Å². The molecule has 1 aromatic carbocycles. The Balaban J connectivity index is 1.97. The van der Waals surface area contributed by atoms with Gasteiger partial charge in [0.25, 0.3) is 5.91 Å². The monoisotopic (exact) mass is 355 g/mol. The third-order valence-corrected chi connectivity index (χ3v) is 5.95. The fraction of sp³-hybridized carbons (Fsp3) is 0.636. The number of likely N-dealkylation sites (tertiary alicyclic amines) is 1. The standard InChI is InChI=1S/C22H33N3O/c1-4-24-21(26)19-10-9-11-20(16-19)22(3)12-15-25(17-18(22)2)14-8-6-5-7-13-23/h9-11,16,18H,4-8,12,14-15,17H2,1-3H3,(H,24,26). The normalized spacial score (nSPS) is 23.4. The van der Waals surface area contributed by atoms with Crippen molar-refractivity contribution in [3.63, 3.8) is 0 Å². The SMILES string of the molecule is CCNC(=O)c1cccc(C2(C)CCN(CCCCCC#N)CC2C)c1. The predicted octanol–water partition coefficient (Wildman–Crippen LogP) is 4.12. The third-order valence-electron chi connectivity index (χ3n) is 5.95. The van der Waals surface area contributed by atoms with E-state index in [1.807, 2.05) is 19.1 Å². The highest BCUT2D eigenvalue weighted by molar-refractivity contribution is 5.94. The van der Waals surface area contributed by atoms with Crippen LogP contribution in [0.3, 0.4) is 0 Å². The number of hydrogen-bond acceptors (Lipinski definition) is 3. The summed E-state index contributed by atoms with van der Waals surface area (Å²) in [7, 11) is 0. The lowest BCUT2D eigenvalue weighted by Gasteiger charge is -2.45. The molecule has 0 aromatic heterocycles. The smallest absolute Gasteiger partial charge is 0.251 e. The van der Waals surface area contributed by atoms with Gasteiger partial charge >= 0.3 is 0 Å². The Labute approximate surface area is 158 Å². The molecule has 1 amide bonds. The van der Waals surface area contributed by atoms with E-state index in [1.165, 1.54) is 12.0 Å². The van der Waals surface area contributed by atoms with Gasteiger partial charge in [-0.1, -0.05) is 32.4 Å². The molecule has 0 aliphatic carbocycles.